The molecule has 0 radical (unpaired) electrons. The van der Waals surface area contributed by atoms with E-state index in [9.17, 15) is 13.6 Å². The number of carbonyl (C=O) groups is 1. The van der Waals surface area contributed by atoms with E-state index in [4.69, 9.17) is 4.74 Å². The number of nitrogens with zero attached hydrogens (tertiary/aromatic N) is 2. The van der Waals surface area contributed by atoms with E-state index in [2.05, 4.69) is 4.98 Å². The predicted molar refractivity (Wildman–Crippen MR) is 109 cm³/mol. The number of carbonyl (C=O) groups excluding carboxylic acids is 1. The molecule has 1 aliphatic heterocycles. The van der Waals surface area contributed by atoms with Gasteiger partial charge in [-0.1, -0.05) is 30.3 Å². The highest BCUT2D eigenvalue weighted by Gasteiger charge is 2.26. The van der Waals surface area contributed by atoms with Crippen LogP contribution in [0.2, 0.25) is 0 Å². The standard InChI is InChI=1S/C24H22F2N2O2/c25-20-6-1-17(2-7-20)13-19-5-10-22(27-15-19)23-16-28(11-12-30-23)24(29)14-18-3-8-21(26)9-4-18/h1-10,15,23H,11-14,16H2/t23-/m0/s1. The Morgan fingerprint density at radius 1 is 0.933 bits per heavy atom. The summed E-state index contributed by atoms with van der Waals surface area (Å²) >= 11 is 0. The van der Waals surface area contributed by atoms with Gasteiger partial charge >= 0.3 is 0 Å². The van der Waals surface area contributed by atoms with Gasteiger partial charge in [0.15, 0.2) is 0 Å². The molecule has 0 unspecified atom stereocenters. The molecule has 1 saturated heterocycles. The third kappa shape index (κ3) is 5.07. The summed E-state index contributed by atoms with van der Waals surface area (Å²) in [4.78, 5) is 18.9. The Hall–Kier alpha value is -3.12. The molecule has 0 aliphatic carbocycles. The minimum atomic E-state index is -0.313. The summed E-state index contributed by atoms with van der Waals surface area (Å²) in [6.07, 6.45) is 2.41. The van der Waals surface area contributed by atoms with E-state index in [1.807, 2.05) is 12.1 Å². The van der Waals surface area contributed by atoms with E-state index in [1.54, 1.807) is 35.4 Å². The Morgan fingerprint density at radius 2 is 1.57 bits per heavy atom. The van der Waals surface area contributed by atoms with E-state index in [1.165, 1.54) is 24.3 Å². The molecule has 0 bridgehead atoms. The number of hydrogen-bond acceptors (Lipinski definition) is 3. The summed E-state index contributed by atoms with van der Waals surface area (Å²) in [7, 11) is 0. The molecule has 2 heterocycles. The van der Waals surface area contributed by atoms with Crippen LogP contribution in [0.1, 0.15) is 28.5 Å². The fourth-order valence-corrected chi connectivity index (χ4v) is 3.51. The quantitative estimate of drug-likeness (QED) is 0.639. The molecule has 154 valence electrons. The second kappa shape index (κ2) is 9.13. The fraction of sp³-hybridized carbons (Fsp3) is 0.250. The highest BCUT2D eigenvalue weighted by Crippen LogP contribution is 2.22. The Labute approximate surface area is 174 Å². The van der Waals surface area contributed by atoms with Crippen molar-refractivity contribution in [1.82, 2.24) is 9.88 Å². The second-order valence-corrected chi connectivity index (χ2v) is 7.40. The van der Waals surface area contributed by atoms with Gasteiger partial charge < -0.3 is 9.64 Å². The van der Waals surface area contributed by atoms with Crippen molar-refractivity contribution in [3.8, 4) is 0 Å². The van der Waals surface area contributed by atoms with Crippen molar-refractivity contribution in [2.45, 2.75) is 18.9 Å². The van der Waals surface area contributed by atoms with Crippen LogP contribution in [0, 0.1) is 11.6 Å². The smallest absolute Gasteiger partial charge is 0.227 e. The van der Waals surface area contributed by atoms with Crippen molar-refractivity contribution >= 4 is 5.91 Å². The summed E-state index contributed by atoms with van der Waals surface area (Å²) in [5, 5.41) is 0. The molecule has 6 heteroatoms. The van der Waals surface area contributed by atoms with Crippen LogP contribution < -0.4 is 0 Å². The predicted octanol–water partition coefficient (Wildman–Crippen LogP) is 4.09. The van der Waals surface area contributed by atoms with Gasteiger partial charge in [-0.25, -0.2) is 8.78 Å². The molecule has 0 saturated carbocycles. The first kappa shape index (κ1) is 20.2. The number of hydrogen-bond donors (Lipinski definition) is 0. The first-order valence-corrected chi connectivity index (χ1v) is 9.90. The molecule has 1 atom stereocenters. The van der Waals surface area contributed by atoms with Crippen molar-refractivity contribution in [3.05, 3.63) is 101 Å². The zero-order chi connectivity index (χ0) is 20.9. The van der Waals surface area contributed by atoms with Crippen molar-refractivity contribution < 1.29 is 18.3 Å². The van der Waals surface area contributed by atoms with Gasteiger partial charge in [0.25, 0.3) is 0 Å². The zero-order valence-corrected chi connectivity index (χ0v) is 16.4. The van der Waals surface area contributed by atoms with Crippen LogP contribution in [0.5, 0.6) is 0 Å². The van der Waals surface area contributed by atoms with Crippen LogP contribution >= 0.6 is 0 Å². The topological polar surface area (TPSA) is 42.4 Å². The molecular weight excluding hydrogens is 386 g/mol. The van der Waals surface area contributed by atoms with Crippen LogP contribution in [0.4, 0.5) is 8.78 Å². The first-order valence-electron chi connectivity index (χ1n) is 9.90. The van der Waals surface area contributed by atoms with Gasteiger partial charge in [0.05, 0.1) is 25.3 Å². The van der Waals surface area contributed by atoms with Gasteiger partial charge in [-0.05, 0) is 53.4 Å². The number of aromatic nitrogens is 1. The fourth-order valence-electron chi connectivity index (χ4n) is 3.51. The van der Waals surface area contributed by atoms with E-state index in [0.717, 1.165) is 22.4 Å². The van der Waals surface area contributed by atoms with Gasteiger partial charge in [-0.2, -0.15) is 0 Å². The summed E-state index contributed by atoms with van der Waals surface area (Å²) in [6.45, 7) is 1.41. The lowest BCUT2D eigenvalue weighted by Crippen LogP contribution is -2.43. The Morgan fingerprint density at radius 3 is 2.20 bits per heavy atom. The third-order valence-corrected chi connectivity index (χ3v) is 5.19. The molecule has 2 aromatic carbocycles. The summed E-state index contributed by atoms with van der Waals surface area (Å²) in [5.74, 6) is -0.574. The van der Waals surface area contributed by atoms with Crippen LogP contribution in [0.15, 0.2) is 66.9 Å². The van der Waals surface area contributed by atoms with Crippen LogP contribution in [-0.2, 0) is 22.4 Å². The van der Waals surface area contributed by atoms with Gasteiger partial charge in [-0.3, -0.25) is 9.78 Å². The van der Waals surface area contributed by atoms with E-state index in [-0.39, 0.29) is 30.1 Å². The molecule has 3 aromatic rings. The van der Waals surface area contributed by atoms with Crippen molar-refractivity contribution in [3.63, 3.8) is 0 Å². The SMILES string of the molecule is O=C(Cc1ccc(F)cc1)N1CCO[C@H](c2ccc(Cc3ccc(F)cc3)cn2)C1. The second-order valence-electron chi connectivity index (χ2n) is 7.40. The lowest BCUT2D eigenvalue weighted by atomic mass is 10.1. The lowest BCUT2D eigenvalue weighted by molar-refractivity contribution is -0.138. The van der Waals surface area contributed by atoms with E-state index in [0.29, 0.717) is 26.1 Å². The number of halogens is 2. The molecule has 1 amide bonds. The molecular formula is C24H22F2N2O2. The Balaban J connectivity index is 1.37. The molecule has 1 aromatic heterocycles. The highest BCUT2D eigenvalue weighted by atomic mass is 19.1. The molecule has 1 aliphatic rings. The van der Waals surface area contributed by atoms with Gasteiger partial charge in [0.1, 0.15) is 17.7 Å². The summed E-state index contributed by atoms with van der Waals surface area (Å²) in [6, 6.07) is 16.3. The zero-order valence-electron chi connectivity index (χ0n) is 16.4. The number of rotatable bonds is 5. The lowest BCUT2D eigenvalue weighted by Gasteiger charge is -2.32. The molecule has 30 heavy (non-hydrogen) atoms. The van der Waals surface area contributed by atoms with Crippen molar-refractivity contribution in [2.75, 3.05) is 19.7 Å². The number of ether oxygens (including phenoxy) is 1. The third-order valence-electron chi connectivity index (χ3n) is 5.19. The highest BCUT2D eigenvalue weighted by molar-refractivity contribution is 5.78. The number of morpholine rings is 1. The Kier molecular flexibility index (Phi) is 6.14. The molecule has 0 N–H and O–H groups in total. The van der Waals surface area contributed by atoms with Crippen molar-refractivity contribution in [1.29, 1.82) is 0 Å². The van der Waals surface area contributed by atoms with Crippen LogP contribution in [0.25, 0.3) is 0 Å². The summed E-state index contributed by atoms with van der Waals surface area (Å²) < 4.78 is 31.9. The minimum absolute atomic E-state index is 0.0113. The summed E-state index contributed by atoms with van der Waals surface area (Å²) in [5.41, 5.74) is 3.59. The van der Waals surface area contributed by atoms with Gasteiger partial charge in [-0.15, -0.1) is 0 Å². The van der Waals surface area contributed by atoms with Crippen LogP contribution in [-0.4, -0.2) is 35.5 Å². The maximum Gasteiger partial charge on any atom is 0.227 e. The van der Waals surface area contributed by atoms with Crippen molar-refractivity contribution in [2.24, 2.45) is 0 Å². The number of amides is 1. The van der Waals surface area contributed by atoms with E-state index < -0.39 is 0 Å². The molecule has 4 nitrogen and oxygen atoms in total. The normalized spacial score (nSPS) is 16.5. The largest absolute Gasteiger partial charge is 0.368 e. The van der Waals surface area contributed by atoms with Gasteiger partial charge in [0, 0.05) is 12.7 Å². The average molecular weight is 408 g/mol. The maximum absolute atomic E-state index is 13.1. The first-order chi connectivity index (χ1) is 14.6. The molecule has 0 spiro atoms. The average Bonchev–Trinajstić information content (AvgIpc) is 2.77. The van der Waals surface area contributed by atoms with E-state index >= 15 is 0 Å². The minimum Gasteiger partial charge on any atom is -0.368 e. The molecule has 4 rings (SSSR count). The Bertz CT molecular complexity index is 989. The molecule has 1 fully saturated rings. The van der Waals surface area contributed by atoms with Crippen LogP contribution in [0.3, 0.4) is 0 Å². The van der Waals surface area contributed by atoms with Gasteiger partial charge in [0.2, 0.25) is 5.91 Å². The number of pyridine rings is 1. The maximum atomic E-state index is 13.1. The monoisotopic (exact) mass is 408 g/mol. The number of benzene rings is 2.